The Bertz CT molecular complexity index is 543. The average Bonchev–Trinajstić information content (AvgIpc) is 2.32. The summed E-state index contributed by atoms with van der Waals surface area (Å²) in [5, 5.41) is 10.1. The fraction of sp³-hybridized carbons (Fsp3) is 0.154. The van der Waals surface area contributed by atoms with E-state index in [-0.39, 0.29) is 0 Å². The molecule has 0 spiro atoms. The molecular formula is C13H11F2NO. The molecule has 0 radical (unpaired) electrons. The quantitative estimate of drug-likeness (QED) is 0.868. The van der Waals surface area contributed by atoms with E-state index >= 15 is 0 Å². The van der Waals surface area contributed by atoms with E-state index in [0.29, 0.717) is 11.1 Å². The molecule has 2 aromatic rings. The SMILES string of the molecule is Cc1cnccc1C(O)c1ccc(F)c(F)c1. The molecule has 0 saturated carbocycles. The topological polar surface area (TPSA) is 33.1 Å². The molecule has 0 fully saturated rings. The first-order chi connectivity index (χ1) is 8.09. The van der Waals surface area contributed by atoms with Crippen molar-refractivity contribution in [2.75, 3.05) is 0 Å². The molecule has 1 aromatic carbocycles. The molecule has 88 valence electrons. The van der Waals surface area contributed by atoms with Gasteiger partial charge in [-0.3, -0.25) is 4.98 Å². The average molecular weight is 235 g/mol. The Balaban J connectivity index is 2.40. The molecule has 2 rings (SSSR count). The van der Waals surface area contributed by atoms with E-state index in [9.17, 15) is 13.9 Å². The molecule has 1 N–H and O–H groups in total. The number of aryl methyl sites for hydroxylation is 1. The molecule has 0 aliphatic carbocycles. The van der Waals surface area contributed by atoms with Crippen molar-refractivity contribution in [3.63, 3.8) is 0 Å². The van der Waals surface area contributed by atoms with Gasteiger partial charge in [0, 0.05) is 12.4 Å². The second-order valence-electron chi connectivity index (χ2n) is 3.81. The molecule has 0 aliphatic heterocycles. The zero-order valence-electron chi connectivity index (χ0n) is 9.19. The van der Waals surface area contributed by atoms with E-state index in [1.54, 1.807) is 25.4 Å². The van der Waals surface area contributed by atoms with Gasteiger partial charge in [0.1, 0.15) is 6.10 Å². The van der Waals surface area contributed by atoms with E-state index < -0.39 is 17.7 Å². The Morgan fingerprint density at radius 3 is 2.59 bits per heavy atom. The number of aromatic nitrogens is 1. The van der Waals surface area contributed by atoms with Gasteiger partial charge in [-0.25, -0.2) is 8.78 Å². The number of benzene rings is 1. The Kier molecular flexibility index (Phi) is 3.15. The van der Waals surface area contributed by atoms with E-state index in [0.717, 1.165) is 17.7 Å². The predicted octanol–water partition coefficient (Wildman–Crippen LogP) is 2.75. The summed E-state index contributed by atoms with van der Waals surface area (Å²) in [6.07, 6.45) is 2.18. The van der Waals surface area contributed by atoms with Crippen LogP contribution in [0.4, 0.5) is 8.78 Å². The Hall–Kier alpha value is -1.81. The molecule has 1 heterocycles. The van der Waals surface area contributed by atoms with Crippen LogP contribution in [-0.2, 0) is 0 Å². The zero-order chi connectivity index (χ0) is 12.4. The summed E-state index contributed by atoms with van der Waals surface area (Å²) in [7, 11) is 0. The highest BCUT2D eigenvalue weighted by Gasteiger charge is 2.14. The first-order valence-corrected chi connectivity index (χ1v) is 5.13. The van der Waals surface area contributed by atoms with Gasteiger partial charge in [-0.2, -0.15) is 0 Å². The molecular weight excluding hydrogens is 224 g/mol. The van der Waals surface area contributed by atoms with Crippen molar-refractivity contribution < 1.29 is 13.9 Å². The highest BCUT2D eigenvalue weighted by atomic mass is 19.2. The van der Waals surface area contributed by atoms with Crippen LogP contribution in [-0.4, -0.2) is 10.1 Å². The number of aliphatic hydroxyl groups is 1. The summed E-state index contributed by atoms with van der Waals surface area (Å²) in [4.78, 5) is 3.91. The normalized spacial score (nSPS) is 12.5. The number of aliphatic hydroxyl groups excluding tert-OH is 1. The van der Waals surface area contributed by atoms with E-state index in [1.807, 2.05) is 0 Å². The number of nitrogens with zero attached hydrogens (tertiary/aromatic N) is 1. The maximum absolute atomic E-state index is 13.1. The molecule has 0 bridgehead atoms. The van der Waals surface area contributed by atoms with E-state index in [2.05, 4.69) is 4.98 Å². The highest BCUT2D eigenvalue weighted by Crippen LogP contribution is 2.25. The summed E-state index contributed by atoms with van der Waals surface area (Å²) in [5.41, 5.74) is 1.74. The van der Waals surface area contributed by atoms with Gasteiger partial charge >= 0.3 is 0 Å². The van der Waals surface area contributed by atoms with Crippen molar-refractivity contribution in [1.29, 1.82) is 0 Å². The first-order valence-electron chi connectivity index (χ1n) is 5.13. The number of halogens is 2. The van der Waals surface area contributed by atoms with Gasteiger partial charge in [0.15, 0.2) is 11.6 Å². The molecule has 2 nitrogen and oxygen atoms in total. The maximum Gasteiger partial charge on any atom is 0.159 e. The van der Waals surface area contributed by atoms with Gasteiger partial charge < -0.3 is 5.11 Å². The van der Waals surface area contributed by atoms with Crippen LogP contribution < -0.4 is 0 Å². The Morgan fingerprint density at radius 2 is 1.94 bits per heavy atom. The highest BCUT2D eigenvalue weighted by molar-refractivity contribution is 5.33. The van der Waals surface area contributed by atoms with Gasteiger partial charge in [-0.15, -0.1) is 0 Å². The third kappa shape index (κ3) is 2.31. The van der Waals surface area contributed by atoms with Crippen LogP contribution in [0.3, 0.4) is 0 Å². The summed E-state index contributed by atoms with van der Waals surface area (Å²) < 4.78 is 25.8. The van der Waals surface area contributed by atoms with E-state index in [4.69, 9.17) is 0 Å². The van der Waals surface area contributed by atoms with Gasteiger partial charge in [-0.05, 0) is 41.8 Å². The minimum Gasteiger partial charge on any atom is -0.384 e. The second-order valence-corrected chi connectivity index (χ2v) is 3.81. The largest absolute Gasteiger partial charge is 0.384 e. The molecule has 1 aromatic heterocycles. The Labute approximate surface area is 97.6 Å². The van der Waals surface area contributed by atoms with Crippen molar-refractivity contribution in [3.8, 4) is 0 Å². The van der Waals surface area contributed by atoms with Gasteiger partial charge in [0.05, 0.1) is 0 Å². The number of rotatable bonds is 2. The summed E-state index contributed by atoms with van der Waals surface area (Å²) >= 11 is 0. The standard InChI is InChI=1S/C13H11F2NO/c1-8-7-16-5-4-10(8)13(17)9-2-3-11(14)12(15)6-9/h2-7,13,17H,1H3. The lowest BCUT2D eigenvalue weighted by Gasteiger charge is -2.13. The molecule has 17 heavy (non-hydrogen) atoms. The molecule has 0 amide bonds. The van der Waals surface area contributed by atoms with Crippen LogP contribution in [0.5, 0.6) is 0 Å². The lowest BCUT2D eigenvalue weighted by molar-refractivity contribution is 0.218. The monoisotopic (exact) mass is 235 g/mol. The van der Waals surface area contributed by atoms with Crippen LogP contribution in [0, 0.1) is 18.6 Å². The first kappa shape index (κ1) is 11.7. The molecule has 1 unspecified atom stereocenters. The molecule has 1 atom stereocenters. The van der Waals surface area contributed by atoms with Crippen molar-refractivity contribution in [3.05, 3.63) is 65.0 Å². The van der Waals surface area contributed by atoms with Crippen LogP contribution >= 0.6 is 0 Å². The number of hydrogen-bond acceptors (Lipinski definition) is 2. The lowest BCUT2D eigenvalue weighted by atomic mass is 9.99. The summed E-state index contributed by atoms with van der Waals surface area (Å²) in [5.74, 6) is -1.89. The Morgan fingerprint density at radius 1 is 1.18 bits per heavy atom. The lowest BCUT2D eigenvalue weighted by Crippen LogP contribution is -2.03. The van der Waals surface area contributed by atoms with Crippen molar-refractivity contribution in [1.82, 2.24) is 4.98 Å². The number of pyridine rings is 1. The minimum absolute atomic E-state index is 0.318. The maximum atomic E-state index is 13.1. The van der Waals surface area contributed by atoms with Crippen molar-refractivity contribution in [2.24, 2.45) is 0 Å². The summed E-state index contributed by atoms with van der Waals surface area (Å²) in [6.45, 7) is 1.80. The molecule has 4 heteroatoms. The third-order valence-corrected chi connectivity index (χ3v) is 2.62. The molecule has 0 saturated heterocycles. The van der Waals surface area contributed by atoms with Crippen LogP contribution in [0.2, 0.25) is 0 Å². The van der Waals surface area contributed by atoms with Crippen molar-refractivity contribution in [2.45, 2.75) is 13.0 Å². The van der Waals surface area contributed by atoms with Gasteiger partial charge in [0.25, 0.3) is 0 Å². The van der Waals surface area contributed by atoms with E-state index in [1.165, 1.54) is 6.07 Å². The fourth-order valence-corrected chi connectivity index (χ4v) is 1.65. The minimum atomic E-state index is -0.979. The van der Waals surface area contributed by atoms with Gasteiger partial charge in [-0.1, -0.05) is 6.07 Å². The smallest absolute Gasteiger partial charge is 0.159 e. The second kappa shape index (κ2) is 4.59. The van der Waals surface area contributed by atoms with Crippen LogP contribution in [0.1, 0.15) is 22.8 Å². The molecule has 0 aliphatic rings. The summed E-state index contributed by atoms with van der Waals surface area (Å²) in [6, 6.07) is 5.02. The fourth-order valence-electron chi connectivity index (χ4n) is 1.65. The van der Waals surface area contributed by atoms with Crippen LogP contribution in [0.25, 0.3) is 0 Å². The van der Waals surface area contributed by atoms with Gasteiger partial charge in [0.2, 0.25) is 0 Å². The van der Waals surface area contributed by atoms with Crippen molar-refractivity contribution >= 4 is 0 Å². The predicted molar refractivity (Wildman–Crippen MR) is 59.4 cm³/mol. The zero-order valence-corrected chi connectivity index (χ0v) is 9.19. The third-order valence-electron chi connectivity index (χ3n) is 2.62. The van der Waals surface area contributed by atoms with Crippen LogP contribution in [0.15, 0.2) is 36.7 Å². The number of hydrogen-bond donors (Lipinski definition) is 1.